The standard InChI is InChI=1S/C21H21NO2S/c1-2-25-20-10-6-5-9-19(20)21(23)22-13-14-24-18-12-11-16-7-3-4-8-17(16)15-18/h3-12,15H,2,13-14H2,1H3,(H,22,23). The molecule has 0 aliphatic rings. The lowest BCUT2D eigenvalue weighted by molar-refractivity contribution is 0.0944. The quantitative estimate of drug-likeness (QED) is 0.493. The number of thioether (sulfide) groups is 1. The summed E-state index contributed by atoms with van der Waals surface area (Å²) in [4.78, 5) is 13.4. The van der Waals surface area contributed by atoms with Crippen LogP contribution in [0.4, 0.5) is 0 Å². The van der Waals surface area contributed by atoms with E-state index in [1.54, 1.807) is 11.8 Å². The summed E-state index contributed by atoms with van der Waals surface area (Å²) in [7, 11) is 0. The fourth-order valence-electron chi connectivity index (χ4n) is 2.62. The molecule has 128 valence electrons. The fraction of sp³-hybridized carbons (Fsp3) is 0.190. The number of fused-ring (bicyclic) bond motifs is 1. The molecule has 0 aliphatic heterocycles. The van der Waals surface area contributed by atoms with Gasteiger partial charge in [-0.05, 0) is 40.8 Å². The molecule has 1 N–H and O–H groups in total. The van der Waals surface area contributed by atoms with Gasteiger partial charge in [-0.1, -0.05) is 49.4 Å². The van der Waals surface area contributed by atoms with E-state index in [1.165, 1.54) is 5.39 Å². The minimum atomic E-state index is -0.0568. The van der Waals surface area contributed by atoms with Crippen LogP contribution in [0.5, 0.6) is 5.75 Å². The number of nitrogens with one attached hydrogen (secondary N) is 1. The number of rotatable bonds is 7. The van der Waals surface area contributed by atoms with Crippen molar-refractivity contribution in [2.24, 2.45) is 0 Å². The molecule has 0 heterocycles. The molecule has 4 heteroatoms. The van der Waals surface area contributed by atoms with E-state index >= 15 is 0 Å². The van der Waals surface area contributed by atoms with E-state index in [0.717, 1.165) is 27.3 Å². The second-order valence-corrected chi connectivity index (χ2v) is 6.85. The molecule has 0 fully saturated rings. The molecule has 0 radical (unpaired) electrons. The molecule has 0 saturated heterocycles. The largest absolute Gasteiger partial charge is 0.492 e. The van der Waals surface area contributed by atoms with E-state index in [0.29, 0.717) is 13.2 Å². The van der Waals surface area contributed by atoms with Gasteiger partial charge >= 0.3 is 0 Å². The molecular formula is C21H21NO2S. The molecule has 0 saturated carbocycles. The van der Waals surface area contributed by atoms with Crippen LogP contribution in [-0.2, 0) is 0 Å². The van der Waals surface area contributed by atoms with Crippen molar-refractivity contribution in [2.75, 3.05) is 18.9 Å². The van der Waals surface area contributed by atoms with Gasteiger partial charge in [-0.25, -0.2) is 0 Å². The summed E-state index contributed by atoms with van der Waals surface area (Å²) in [5.41, 5.74) is 0.722. The maximum Gasteiger partial charge on any atom is 0.252 e. The lowest BCUT2D eigenvalue weighted by Gasteiger charge is -2.10. The van der Waals surface area contributed by atoms with Crippen molar-refractivity contribution in [3.8, 4) is 5.75 Å². The predicted molar refractivity (Wildman–Crippen MR) is 105 cm³/mol. The van der Waals surface area contributed by atoms with Gasteiger partial charge in [0.2, 0.25) is 0 Å². The van der Waals surface area contributed by atoms with E-state index in [2.05, 4.69) is 24.4 Å². The Morgan fingerprint density at radius 3 is 2.60 bits per heavy atom. The molecule has 1 amide bonds. The van der Waals surface area contributed by atoms with Crippen LogP contribution in [0.3, 0.4) is 0 Å². The predicted octanol–water partition coefficient (Wildman–Crippen LogP) is 4.76. The van der Waals surface area contributed by atoms with Crippen LogP contribution in [0.1, 0.15) is 17.3 Å². The lowest BCUT2D eigenvalue weighted by Crippen LogP contribution is -2.28. The number of hydrogen-bond donors (Lipinski definition) is 1. The van der Waals surface area contributed by atoms with E-state index in [-0.39, 0.29) is 5.91 Å². The van der Waals surface area contributed by atoms with Crippen LogP contribution < -0.4 is 10.1 Å². The summed E-state index contributed by atoms with van der Waals surface area (Å²) < 4.78 is 5.76. The molecule has 3 nitrogen and oxygen atoms in total. The van der Waals surface area contributed by atoms with Crippen LogP contribution in [0.2, 0.25) is 0 Å². The molecule has 0 aliphatic carbocycles. The first kappa shape index (κ1) is 17.4. The molecule has 0 bridgehead atoms. The minimum Gasteiger partial charge on any atom is -0.492 e. The van der Waals surface area contributed by atoms with Crippen molar-refractivity contribution in [1.82, 2.24) is 5.32 Å². The molecule has 25 heavy (non-hydrogen) atoms. The number of hydrogen-bond acceptors (Lipinski definition) is 3. The Kier molecular flexibility index (Phi) is 5.96. The Morgan fingerprint density at radius 1 is 1.00 bits per heavy atom. The number of carbonyl (C=O) groups excluding carboxylic acids is 1. The second kappa shape index (κ2) is 8.58. The summed E-state index contributed by atoms with van der Waals surface area (Å²) in [6.45, 7) is 2.99. The van der Waals surface area contributed by atoms with Crippen molar-refractivity contribution in [1.29, 1.82) is 0 Å². The van der Waals surface area contributed by atoms with Gasteiger partial charge in [0, 0.05) is 4.90 Å². The third-order valence-electron chi connectivity index (χ3n) is 3.81. The summed E-state index contributed by atoms with van der Waals surface area (Å²) in [6.07, 6.45) is 0. The van der Waals surface area contributed by atoms with Crippen molar-refractivity contribution in [3.63, 3.8) is 0 Å². The first-order chi connectivity index (χ1) is 12.3. The summed E-state index contributed by atoms with van der Waals surface area (Å²) >= 11 is 1.68. The lowest BCUT2D eigenvalue weighted by atomic mass is 10.1. The first-order valence-electron chi connectivity index (χ1n) is 8.39. The van der Waals surface area contributed by atoms with Gasteiger partial charge in [0.05, 0.1) is 12.1 Å². The van der Waals surface area contributed by atoms with Gasteiger partial charge in [-0.2, -0.15) is 0 Å². The zero-order valence-electron chi connectivity index (χ0n) is 14.2. The van der Waals surface area contributed by atoms with Crippen molar-refractivity contribution < 1.29 is 9.53 Å². The number of carbonyl (C=O) groups is 1. The van der Waals surface area contributed by atoms with E-state index in [9.17, 15) is 4.79 Å². The fourth-order valence-corrected chi connectivity index (χ4v) is 3.42. The first-order valence-corrected chi connectivity index (χ1v) is 9.38. The van der Waals surface area contributed by atoms with Crippen LogP contribution in [0.25, 0.3) is 10.8 Å². The van der Waals surface area contributed by atoms with Crippen molar-refractivity contribution in [2.45, 2.75) is 11.8 Å². The molecule has 3 aromatic carbocycles. The van der Waals surface area contributed by atoms with E-state index in [4.69, 9.17) is 4.74 Å². The highest BCUT2D eigenvalue weighted by molar-refractivity contribution is 7.99. The average Bonchev–Trinajstić information content (AvgIpc) is 2.65. The van der Waals surface area contributed by atoms with Crippen LogP contribution in [0, 0.1) is 0 Å². The summed E-state index contributed by atoms with van der Waals surface area (Å²) in [5, 5.41) is 5.26. The summed E-state index contributed by atoms with van der Waals surface area (Å²) in [5.74, 6) is 1.70. The maximum absolute atomic E-state index is 12.3. The number of amides is 1. The Hall–Kier alpha value is -2.46. The SMILES string of the molecule is CCSc1ccccc1C(=O)NCCOc1ccc2ccccc2c1. The Morgan fingerprint density at radius 2 is 1.76 bits per heavy atom. The maximum atomic E-state index is 12.3. The molecule has 0 aromatic heterocycles. The van der Waals surface area contributed by atoms with Crippen LogP contribution in [0.15, 0.2) is 71.6 Å². The Balaban J connectivity index is 1.53. The summed E-state index contributed by atoms with van der Waals surface area (Å²) in [6, 6.07) is 21.9. The van der Waals surface area contributed by atoms with Gasteiger partial charge in [-0.3, -0.25) is 4.79 Å². The number of ether oxygens (including phenoxy) is 1. The highest BCUT2D eigenvalue weighted by atomic mass is 32.2. The average molecular weight is 351 g/mol. The van der Waals surface area contributed by atoms with Crippen molar-refractivity contribution >= 4 is 28.4 Å². The second-order valence-electron chi connectivity index (χ2n) is 5.54. The zero-order valence-corrected chi connectivity index (χ0v) is 15.0. The molecule has 3 aromatic rings. The smallest absolute Gasteiger partial charge is 0.252 e. The Bertz CT molecular complexity index is 863. The minimum absolute atomic E-state index is 0.0568. The molecule has 0 spiro atoms. The van der Waals surface area contributed by atoms with Crippen LogP contribution >= 0.6 is 11.8 Å². The van der Waals surface area contributed by atoms with Crippen molar-refractivity contribution in [3.05, 3.63) is 72.3 Å². The topological polar surface area (TPSA) is 38.3 Å². The Labute approximate surface area is 152 Å². The zero-order chi connectivity index (χ0) is 17.5. The van der Waals surface area contributed by atoms with Gasteiger partial charge in [0.15, 0.2) is 0 Å². The highest BCUT2D eigenvalue weighted by Gasteiger charge is 2.10. The van der Waals surface area contributed by atoms with E-state index < -0.39 is 0 Å². The molecule has 3 rings (SSSR count). The number of benzene rings is 3. The molecule has 0 unspecified atom stereocenters. The van der Waals surface area contributed by atoms with E-state index in [1.807, 2.05) is 54.6 Å². The van der Waals surface area contributed by atoms with Gasteiger partial charge in [-0.15, -0.1) is 11.8 Å². The van der Waals surface area contributed by atoms with Gasteiger partial charge in [0.1, 0.15) is 12.4 Å². The highest BCUT2D eigenvalue weighted by Crippen LogP contribution is 2.22. The van der Waals surface area contributed by atoms with Crippen LogP contribution in [-0.4, -0.2) is 24.8 Å². The third kappa shape index (κ3) is 4.54. The third-order valence-corrected chi connectivity index (χ3v) is 4.76. The monoisotopic (exact) mass is 351 g/mol. The normalized spacial score (nSPS) is 10.6. The van der Waals surface area contributed by atoms with Gasteiger partial charge < -0.3 is 10.1 Å². The molecule has 0 atom stereocenters. The molecular weight excluding hydrogens is 330 g/mol. The van der Waals surface area contributed by atoms with Gasteiger partial charge in [0.25, 0.3) is 5.91 Å².